The van der Waals surface area contributed by atoms with Crippen LogP contribution in [0.1, 0.15) is 19.2 Å². The molecule has 7 nitrogen and oxygen atoms in total. The number of hydrogen-bond donors (Lipinski definition) is 0. The monoisotopic (exact) mass is 360 g/mol. The molecular weight excluding hydrogens is 340 g/mol. The lowest BCUT2D eigenvalue weighted by atomic mass is 10.1. The summed E-state index contributed by atoms with van der Waals surface area (Å²) in [4.78, 5) is 8.82. The third kappa shape index (κ3) is 3.21. The summed E-state index contributed by atoms with van der Waals surface area (Å²) >= 11 is 0. The van der Waals surface area contributed by atoms with Crippen LogP contribution in [-0.2, 0) is 9.84 Å². The van der Waals surface area contributed by atoms with Crippen molar-refractivity contribution in [2.24, 2.45) is 4.99 Å². The van der Waals surface area contributed by atoms with Gasteiger partial charge in [-0.15, -0.1) is 5.10 Å². The summed E-state index contributed by atoms with van der Waals surface area (Å²) in [6, 6.07) is 7.49. The summed E-state index contributed by atoms with van der Waals surface area (Å²) in [7, 11) is -1.64. The zero-order valence-corrected chi connectivity index (χ0v) is 15.4. The lowest BCUT2D eigenvalue weighted by Gasteiger charge is -2.24. The molecule has 1 aliphatic heterocycles. The van der Waals surface area contributed by atoms with E-state index in [-0.39, 0.29) is 0 Å². The average molecular weight is 360 g/mol. The van der Waals surface area contributed by atoms with E-state index in [0.717, 1.165) is 11.3 Å². The van der Waals surface area contributed by atoms with Crippen molar-refractivity contribution in [2.75, 3.05) is 13.4 Å². The Hall–Kier alpha value is -2.48. The number of rotatable bonds is 4. The van der Waals surface area contributed by atoms with Crippen LogP contribution in [0, 0.1) is 6.92 Å². The topological polar surface area (TPSA) is 86.4 Å². The van der Waals surface area contributed by atoms with Gasteiger partial charge in [0.05, 0.1) is 7.11 Å². The van der Waals surface area contributed by atoms with Crippen molar-refractivity contribution in [1.29, 1.82) is 0 Å². The first-order valence-corrected chi connectivity index (χ1v) is 9.66. The lowest BCUT2D eigenvalue weighted by molar-refractivity contribution is 0.415. The van der Waals surface area contributed by atoms with Crippen molar-refractivity contribution in [2.45, 2.75) is 25.0 Å². The number of allylic oxidation sites excluding steroid dienone is 1. The van der Waals surface area contributed by atoms with Gasteiger partial charge in [-0.05, 0) is 50.6 Å². The van der Waals surface area contributed by atoms with Gasteiger partial charge in [0.2, 0.25) is 0 Å². The van der Waals surface area contributed by atoms with Gasteiger partial charge >= 0.3 is 0 Å². The number of sulfone groups is 1. The van der Waals surface area contributed by atoms with E-state index in [2.05, 4.69) is 15.1 Å². The largest absolute Gasteiger partial charge is 0.497 e. The zero-order chi connectivity index (χ0) is 18.2. The fourth-order valence-electron chi connectivity index (χ4n) is 2.49. The number of aromatic nitrogens is 3. The Morgan fingerprint density at radius 3 is 2.44 bits per heavy atom. The minimum Gasteiger partial charge on any atom is -0.497 e. The van der Waals surface area contributed by atoms with E-state index in [1.54, 1.807) is 31.7 Å². The van der Waals surface area contributed by atoms with E-state index in [1.165, 1.54) is 12.5 Å². The Bertz CT molecular complexity index is 958. The van der Waals surface area contributed by atoms with Crippen molar-refractivity contribution in [1.82, 2.24) is 14.8 Å². The Morgan fingerprint density at radius 2 is 1.92 bits per heavy atom. The molecule has 3 rings (SSSR count). The molecule has 1 atom stereocenters. The molecule has 0 saturated heterocycles. The molecular formula is C17H20N4O3S. The molecule has 0 fully saturated rings. The highest BCUT2D eigenvalue weighted by atomic mass is 32.2. The zero-order valence-electron chi connectivity index (χ0n) is 14.6. The summed E-state index contributed by atoms with van der Waals surface area (Å²) in [6.07, 6.45) is 4.82. The van der Waals surface area contributed by atoms with Gasteiger partial charge in [-0.25, -0.2) is 18.4 Å². The molecule has 0 radical (unpaired) electrons. The van der Waals surface area contributed by atoms with Gasteiger partial charge in [-0.1, -0.05) is 0 Å². The van der Waals surface area contributed by atoms with Gasteiger partial charge < -0.3 is 4.74 Å². The van der Waals surface area contributed by atoms with Crippen LogP contribution in [0.25, 0.3) is 17.2 Å². The molecule has 2 aromatic rings. The molecule has 0 amide bonds. The predicted molar refractivity (Wildman–Crippen MR) is 97.4 cm³/mol. The highest BCUT2D eigenvalue weighted by Crippen LogP contribution is 2.29. The highest BCUT2D eigenvalue weighted by Gasteiger charge is 2.35. The molecule has 2 heterocycles. The molecule has 1 aromatic heterocycles. The highest BCUT2D eigenvalue weighted by molar-refractivity contribution is 7.92. The second-order valence-electron chi connectivity index (χ2n) is 6.23. The van der Waals surface area contributed by atoms with E-state index >= 15 is 0 Å². The van der Waals surface area contributed by atoms with Gasteiger partial charge in [0, 0.05) is 18.0 Å². The van der Waals surface area contributed by atoms with Gasteiger partial charge in [0.1, 0.15) is 16.3 Å². The van der Waals surface area contributed by atoms with Gasteiger partial charge in [0.15, 0.2) is 21.5 Å². The van der Waals surface area contributed by atoms with Crippen molar-refractivity contribution in [3.05, 3.63) is 36.2 Å². The second-order valence-corrected chi connectivity index (χ2v) is 8.71. The fraction of sp³-hybridized carbons (Fsp3) is 0.353. The predicted octanol–water partition coefficient (Wildman–Crippen LogP) is 2.34. The average Bonchev–Trinajstić information content (AvgIpc) is 2.96. The van der Waals surface area contributed by atoms with E-state index in [9.17, 15) is 8.42 Å². The molecule has 1 aromatic carbocycles. The molecule has 0 N–H and O–H groups in total. The van der Waals surface area contributed by atoms with Crippen LogP contribution in [0.4, 0.5) is 0 Å². The number of methoxy groups -OCH3 is 1. The number of benzene rings is 1. The first kappa shape index (κ1) is 17.3. The number of aliphatic imine (C=N–C) groups is 1. The van der Waals surface area contributed by atoms with Crippen molar-refractivity contribution in [3.63, 3.8) is 0 Å². The molecule has 1 aliphatic rings. The first-order chi connectivity index (χ1) is 11.7. The van der Waals surface area contributed by atoms with Crippen LogP contribution < -0.4 is 4.74 Å². The third-order valence-electron chi connectivity index (χ3n) is 4.29. The van der Waals surface area contributed by atoms with E-state index in [0.29, 0.717) is 23.9 Å². The molecule has 0 spiro atoms. The maximum atomic E-state index is 11.9. The normalized spacial score (nSPS) is 20.4. The molecule has 0 aliphatic carbocycles. The molecule has 0 saturated carbocycles. The maximum absolute atomic E-state index is 11.9. The summed E-state index contributed by atoms with van der Waals surface area (Å²) in [6.45, 7) is 3.47. The number of nitrogens with zero attached hydrogens (tertiary/aromatic N) is 4. The number of aryl methyl sites for hydroxylation is 1. The van der Waals surface area contributed by atoms with Crippen molar-refractivity contribution < 1.29 is 13.2 Å². The summed E-state index contributed by atoms with van der Waals surface area (Å²) in [5.74, 6) is 2.57. The van der Waals surface area contributed by atoms with Gasteiger partial charge in [-0.3, -0.25) is 0 Å². The van der Waals surface area contributed by atoms with Crippen LogP contribution in [-0.4, -0.2) is 47.5 Å². The third-order valence-corrected chi connectivity index (χ3v) is 6.25. The minimum absolute atomic E-state index is 0.339. The van der Waals surface area contributed by atoms with Crippen LogP contribution in [0.2, 0.25) is 0 Å². The van der Waals surface area contributed by atoms with Crippen LogP contribution in [0.5, 0.6) is 5.75 Å². The standard InChI is InChI=1S/C17H20N4O3S/c1-12-19-16(13-5-7-14(24-3)8-6-13)21(20-12)15-9-10-17(2,11-18-15)25(4,22)23/h5-9,11H,10H2,1-4H3. The van der Waals surface area contributed by atoms with E-state index in [1.807, 2.05) is 24.3 Å². The SMILES string of the molecule is COc1ccc(-c2nc(C)nn2C2=CCC(C)(S(C)(=O)=O)C=N2)cc1. The van der Waals surface area contributed by atoms with Crippen LogP contribution in [0.15, 0.2) is 35.3 Å². The van der Waals surface area contributed by atoms with Crippen molar-refractivity contribution >= 4 is 21.9 Å². The van der Waals surface area contributed by atoms with Gasteiger partial charge in [0.25, 0.3) is 0 Å². The lowest BCUT2D eigenvalue weighted by Crippen LogP contribution is -2.37. The smallest absolute Gasteiger partial charge is 0.165 e. The molecule has 25 heavy (non-hydrogen) atoms. The molecule has 0 bridgehead atoms. The second kappa shape index (κ2) is 6.11. The first-order valence-electron chi connectivity index (χ1n) is 7.77. The molecule has 132 valence electrons. The fourth-order valence-corrected chi connectivity index (χ4v) is 3.12. The summed E-state index contributed by atoms with van der Waals surface area (Å²) in [5.41, 5.74) is 0.869. The number of ether oxygens (including phenoxy) is 1. The Balaban J connectivity index is 1.99. The summed E-state index contributed by atoms with van der Waals surface area (Å²) < 4.78 is 29.7. The molecule has 1 unspecified atom stereocenters. The van der Waals surface area contributed by atoms with Gasteiger partial charge in [-0.2, -0.15) is 4.68 Å². The Morgan fingerprint density at radius 1 is 1.24 bits per heavy atom. The van der Waals surface area contributed by atoms with Crippen LogP contribution >= 0.6 is 0 Å². The van der Waals surface area contributed by atoms with Crippen LogP contribution in [0.3, 0.4) is 0 Å². The minimum atomic E-state index is -3.25. The number of hydrogen-bond acceptors (Lipinski definition) is 6. The molecule has 8 heteroatoms. The van der Waals surface area contributed by atoms with E-state index in [4.69, 9.17) is 4.74 Å². The summed E-state index contributed by atoms with van der Waals surface area (Å²) in [5, 5.41) is 4.41. The quantitative estimate of drug-likeness (QED) is 0.835. The Kier molecular flexibility index (Phi) is 4.24. The van der Waals surface area contributed by atoms with E-state index < -0.39 is 14.6 Å². The Labute approximate surface area is 147 Å². The van der Waals surface area contributed by atoms with Crippen molar-refractivity contribution in [3.8, 4) is 17.1 Å². The maximum Gasteiger partial charge on any atom is 0.165 e.